The van der Waals surface area contributed by atoms with E-state index in [2.05, 4.69) is 20.2 Å². The molecule has 9 heteroatoms. The molecule has 1 N–H and O–H groups in total. The van der Waals surface area contributed by atoms with Crippen LogP contribution in [0.3, 0.4) is 0 Å². The first-order chi connectivity index (χ1) is 14.5. The number of benzene rings is 1. The molecule has 30 heavy (non-hydrogen) atoms. The number of hydrogen-bond acceptors (Lipinski definition) is 6. The Morgan fingerprint density at radius 3 is 2.77 bits per heavy atom. The fourth-order valence-corrected chi connectivity index (χ4v) is 3.66. The van der Waals surface area contributed by atoms with Crippen molar-refractivity contribution in [1.29, 1.82) is 0 Å². The third kappa shape index (κ3) is 4.27. The summed E-state index contributed by atoms with van der Waals surface area (Å²) in [5, 5.41) is 2.92. The van der Waals surface area contributed by atoms with E-state index in [-0.39, 0.29) is 17.9 Å². The van der Waals surface area contributed by atoms with Gasteiger partial charge in [0.2, 0.25) is 11.9 Å². The lowest BCUT2D eigenvalue weighted by Crippen LogP contribution is -2.38. The minimum atomic E-state index is -0.248. The predicted octanol–water partition coefficient (Wildman–Crippen LogP) is 0.952. The van der Waals surface area contributed by atoms with E-state index in [1.54, 1.807) is 14.0 Å². The lowest BCUT2D eigenvalue weighted by molar-refractivity contribution is -0.115. The molecule has 0 spiro atoms. The Kier molecular flexibility index (Phi) is 5.91. The van der Waals surface area contributed by atoms with Gasteiger partial charge in [0, 0.05) is 38.8 Å². The molecule has 0 atom stereocenters. The van der Waals surface area contributed by atoms with E-state index in [0.717, 1.165) is 43.9 Å². The zero-order valence-electron chi connectivity index (χ0n) is 17.3. The molecular formula is C21H26N6O3. The lowest BCUT2D eigenvalue weighted by atomic mass is 10.2. The van der Waals surface area contributed by atoms with Crippen LogP contribution in [0.5, 0.6) is 0 Å². The van der Waals surface area contributed by atoms with E-state index in [1.807, 2.05) is 28.8 Å². The number of carbonyl (C=O) groups excluding carboxylic acids is 1. The quantitative estimate of drug-likeness (QED) is 0.650. The fourth-order valence-electron chi connectivity index (χ4n) is 3.66. The number of para-hydroxylation sites is 2. The van der Waals surface area contributed by atoms with Crippen LogP contribution >= 0.6 is 0 Å². The van der Waals surface area contributed by atoms with Crippen LogP contribution in [0.1, 0.15) is 11.3 Å². The minimum absolute atomic E-state index is 0.0224. The molecule has 2 aromatic heterocycles. The lowest BCUT2D eigenvalue weighted by Gasteiger charge is -2.26. The van der Waals surface area contributed by atoms with Crippen molar-refractivity contribution in [2.24, 2.45) is 7.05 Å². The summed E-state index contributed by atoms with van der Waals surface area (Å²) >= 11 is 0. The fraction of sp³-hybridized carbons (Fsp3) is 0.429. The van der Waals surface area contributed by atoms with Gasteiger partial charge < -0.3 is 13.9 Å². The van der Waals surface area contributed by atoms with Crippen LogP contribution in [0.4, 0.5) is 5.95 Å². The molecule has 0 saturated carbocycles. The Labute approximate surface area is 174 Å². The van der Waals surface area contributed by atoms with Crippen molar-refractivity contribution in [3.05, 3.63) is 52.2 Å². The zero-order valence-corrected chi connectivity index (χ0v) is 17.3. The molecule has 9 nitrogen and oxygen atoms in total. The number of morpholine rings is 1. The van der Waals surface area contributed by atoms with Crippen LogP contribution in [0.25, 0.3) is 11.0 Å². The SMILES string of the molecule is Cc1c(CC(=O)Nc2nc3ccccc3n2CCN2CCOCC2)ncn(C)c1=O. The van der Waals surface area contributed by atoms with Crippen LogP contribution in [0, 0.1) is 6.92 Å². The molecule has 158 valence electrons. The molecule has 3 heterocycles. The molecule has 0 unspecified atom stereocenters. The number of fused-ring (bicyclic) bond motifs is 1. The summed E-state index contributed by atoms with van der Waals surface area (Å²) in [6.07, 6.45) is 1.46. The van der Waals surface area contributed by atoms with Gasteiger partial charge in [-0.2, -0.15) is 0 Å². The van der Waals surface area contributed by atoms with Gasteiger partial charge in [0.05, 0.1) is 42.7 Å². The molecule has 1 fully saturated rings. The molecule has 1 aliphatic heterocycles. The molecule has 4 rings (SSSR count). The molecule has 0 radical (unpaired) electrons. The number of hydrogen-bond donors (Lipinski definition) is 1. The Balaban J connectivity index is 1.53. The summed E-state index contributed by atoms with van der Waals surface area (Å²) in [7, 11) is 1.64. The van der Waals surface area contributed by atoms with Crippen LogP contribution in [-0.4, -0.2) is 62.8 Å². The maximum Gasteiger partial charge on any atom is 0.256 e. The Morgan fingerprint density at radius 2 is 1.97 bits per heavy atom. The molecule has 1 amide bonds. The van der Waals surface area contributed by atoms with E-state index in [9.17, 15) is 9.59 Å². The summed E-state index contributed by atoms with van der Waals surface area (Å²) in [6.45, 7) is 6.55. The van der Waals surface area contributed by atoms with Gasteiger partial charge in [-0.25, -0.2) is 9.97 Å². The van der Waals surface area contributed by atoms with Crippen molar-refractivity contribution in [1.82, 2.24) is 24.0 Å². The number of rotatable bonds is 6. The van der Waals surface area contributed by atoms with Crippen LogP contribution < -0.4 is 10.9 Å². The Bertz CT molecular complexity index is 1110. The highest BCUT2D eigenvalue weighted by atomic mass is 16.5. The second kappa shape index (κ2) is 8.76. The van der Waals surface area contributed by atoms with Crippen molar-refractivity contribution in [3.63, 3.8) is 0 Å². The van der Waals surface area contributed by atoms with Crippen LogP contribution in [0.15, 0.2) is 35.4 Å². The highest BCUT2D eigenvalue weighted by Gasteiger charge is 2.17. The predicted molar refractivity (Wildman–Crippen MR) is 114 cm³/mol. The number of nitrogens with zero attached hydrogens (tertiary/aromatic N) is 5. The molecule has 1 aromatic carbocycles. The Hall–Kier alpha value is -3.04. The van der Waals surface area contributed by atoms with Gasteiger partial charge in [0.15, 0.2) is 0 Å². The first-order valence-electron chi connectivity index (χ1n) is 10.1. The second-order valence-corrected chi connectivity index (χ2v) is 7.49. The average Bonchev–Trinajstić information content (AvgIpc) is 3.10. The summed E-state index contributed by atoms with van der Waals surface area (Å²) in [5.74, 6) is 0.262. The highest BCUT2D eigenvalue weighted by molar-refractivity contribution is 5.92. The van der Waals surface area contributed by atoms with E-state index >= 15 is 0 Å². The topological polar surface area (TPSA) is 94.3 Å². The van der Waals surface area contributed by atoms with Gasteiger partial charge in [-0.05, 0) is 19.1 Å². The van der Waals surface area contributed by atoms with Crippen molar-refractivity contribution >= 4 is 22.9 Å². The summed E-state index contributed by atoms with van der Waals surface area (Å²) < 4.78 is 8.86. The van der Waals surface area contributed by atoms with E-state index in [1.165, 1.54) is 10.9 Å². The van der Waals surface area contributed by atoms with Crippen molar-refractivity contribution < 1.29 is 9.53 Å². The number of nitrogens with one attached hydrogen (secondary N) is 1. The number of aromatic nitrogens is 4. The summed E-state index contributed by atoms with van der Waals surface area (Å²) in [4.78, 5) is 36.0. The minimum Gasteiger partial charge on any atom is -0.379 e. The number of amides is 1. The molecule has 1 saturated heterocycles. The van der Waals surface area contributed by atoms with Crippen molar-refractivity contribution in [2.45, 2.75) is 19.9 Å². The molecular weight excluding hydrogens is 384 g/mol. The van der Waals surface area contributed by atoms with Gasteiger partial charge in [-0.15, -0.1) is 0 Å². The summed E-state index contributed by atoms with van der Waals surface area (Å²) in [6, 6.07) is 7.83. The molecule has 0 bridgehead atoms. The first-order valence-corrected chi connectivity index (χ1v) is 10.1. The standard InChI is InChI=1S/C21H26N6O3/c1-15-17(22-14-25(2)20(15)29)13-19(28)24-21-23-16-5-3-4-6-18(16)27(21)8-7-26-9-11-30-12-10-26/h3-6,14H,7-13H2,1-2H3,(H,23,24,28). The molecule has 1 aliphatic rings. The monoisotopic (exact) mass is 410 g/mol. The van der Waals surface area contributed by atoms with E-state index in [0.29, 0.717) is 23.8 Å². The maximum atomic E-state index is 12.7. The smallest absolute Gasteiger partial charge is 0.256 e. The Morgan fingerprint density at radius 1 is 1.20 bits per heavy atom. The molecule has 0 aliphatic carbocycles. The van der Waals surface area contributed by atoms with Gasteiger partial charge in [-0.3, -0.25) is 19.8 Å². The van der Waals surface area contributed by atoms with Gasteiger partial charge >= 0.3 is 0 Å². The maximum absolute atomic E-state index is 12.7. The third-order valence-electron chi connectivity index (χ3n) is 5.44. The van der Waals surface area contributed by atoms with Crippen molar-refractivity contribution in [2.75, 3.05) is 38.2 Å². The third-order valence-corrected chi connectivity index (χ3v) is 5.44. The second-order valence-electron chi connectivity index (χ2n) is 7.49. The molecule has 3 aromatic rings. The van der Waals surface area contributed by atoms with Gasteiger partial charge in [0.25, 0.3) is 5.56 Å². The normalized spacial score (nSPS) is 14.9. The summed E-state index contributed by atoms with van der Waals surface area (Å²) in [5.41, 5.74) is 2.62. The van der Waals surface area contributed by atoms with E-state index < -0.39 is 0 Å². The number of aryl methyl sites for hydroxylation is 1. The number of anilines is 1. The number of imidazole rings is 1. The van der Waals surface area contributed by atoms with E-state index in [4.69, 9.17) is 4.74 Å². The van der Waals surface area contributed by atoms with Crippen LogP contribution in [-0.2, 0) is 29.5 Å². The van der Waals surface area contributed by atoms with Gasteiger partial charge in [0.1, 0.15) is 0 Å². The van der Waals surface area contributed by atoms with Crippen molar-refractivity contribution in [3.8, 4) is 0 Å². The van der Waals surface area contributed by atoms with Gasteiger partial charge in [-0.1, -0.05) is 12.1 Å². The number of carbonyl (C=O) groups is 1. The average molecular weight is 410 g/mol. The zero-order chi connectivity index (χ0) is 21.1. The first kappa shape index (κ1) is 20.2. The van der Waals surface area contributed by atoms with Crippen LogP contribution in [0.2, 0.25) is 0 Å². The largest absolute Gasteiger partial charge is 0.379 e. The number of ether oxygens (including phenoxy) is 1. The highest BCUT2D eigenvalue weighted by Crippen LogP contribution is 2.20.